The molecule has 3 aromatic carbocycles. The smallest absolute Gasteiger partial charge is 0.251 e. The zero-order valence-electron chi connectivity index (χ0n) is 17.7. The lowest BCUT2D eigenvalue weighted by Gasteiger charge is -2.31. The van der Waals surface area contributed by atoms with E-state index in [0.29, 0.717) is 37.6 Å². The maximum Gasteiger partial charge on any atom is 0.251 e. The first kappa shape index (κ1) is 20.5. The summed E-state index contributed by atoms with van der Waals surface area (Å²) in [5.41, 5.74) is 5.28. The summed E-state index contributed by atoms with van der Waals surface area (Å²) in [6.07, 6.45) is 2.04. The van der Waals surface area contributed by atoms with Crippen molar-refractivity contribution in [3.8, 4) is 5.75 Å². The Labute approximate surface area is 191 Å². The number of rotatable bonds is 5. The lowest BCUT2D eigenvalue weighted by Crippen LogP contribution is -2.29. The Morgan fingerprint density at radius 1 is 1.12 bits per heavy atom. The van der Waals surface area contributed by atoms with Gasteiger partial charge >= 0.3 is 0 Å². The molecule has 0 radical (unpaired) electrons. The van der Waals surface area contributed by atoms with E-state index in [1.54, 1.807) is 17.8 Å². The Morgan fingerprint density at radius 2 is 1.97 bits per heavy atom. The fourth-order valence-electron chi connectivity index (χ4n) is 4.04. The zero-order valence-corrected chi connectivity index (χ0v) is 18.5. The van der Waals surface area contributed by atoms with Gasteiger partial charge in [-0.2, -0.15) is 0 Å². The molecule has 7 heteroatoms. The van der Waals surface area contributed by atoms with Gasteiger partial charge < -0.3 is 20.3 Å². The lowest BCUT2D eigenvalue weighted by atomic mass is 10.1. The minimum absolute atomic E-state index is 0.0234. The minimum Gasteiger partial charge on any atom is -0.490 e. The molecule has 0 spiro atoms. The molecule has 2 amide bonds. The molecule has 2 aliphatic heterocycles. The molecule has 0 bridgehead atoms. The molecular weight excluding hydrogens is 422 g/mol. The summed E-state index contributed by atoms with van der Waals surface area (Å²) in [7, 11) is 0. The summed E-state index contributed by atoms with van der Waals surface area (Å²) in [4.78, 5) is 27.9. The molecular formula is C25H23N3O3S. The van der Waals surface area contributed by atoms with Crippen LogP contribution in [-0.2, 0) is 13.1 Å². The second kappa shape index (κ2) is 8.59. The van der Waals surface area contributed by atoms with Crippen LogP contribution in [0.25, 0.3) is 0 Å². The van der Waals surface area contributed by atoms with Crippen molar-refractivity contribution >= 4 is 35.0 Å². The average Bonchev–Trinajstić information content (AvgIpc) is 3.22. The molecule has 0 saturated heterocycles. The predicted octanol–water partition coefficient (Wildman–Crippen LogP) is 4.11. The van der Waals surface area contributed by atoms with Gasteiger partial charge in [-0.3, -0.25) is 9.59 Å². The SMILES string of the molecule is CSc1ccc(CNC(=O)c2ccc3c(c2)OCCN3c2ccc3c(c2)CNC3=O)cc1. The summed E-state index contributed by atoms with van der Waals surface area (Å²) < 4.78 is 5.87. The molecule has 0 atom stereocenters. The highest BCUT2D eigenvalue weighted by atomic mass is 32.2. The van der Waals surface area contributed by atoms with E-state index in [9.17, 15) is 9.59 Å². The first-order valence-corrected chi connectivity index (χ1v) is 11.7. The second-order valence-electron chi connectivity index (χ2n) is 7.74. The largest absolute Gasteiger partial charge is 0.490 e. The van der Waals surface area contributed by atoms with Crippen molar-refractivity contribution in [2.24, 2.45) is 0 Å². The summed E-state index contributed by atoms with van der Waals surface area (Å²) in [5.74, 6) is 0.525. The van der Waals surface area contributed by atoms with Gasteiger partial charge in [0.05, 0.1) is 12.2 Å². The summed E-state index contributed by atoms with van der Waals surface area (Å²) >= 11 is 1.69. The van der Waals surface area contributed by atoms with Crippen LogP contribution in [0, 0.1) is 0 Å². The third-order valence-corrected chi connectivity index (χ3v) is 6.53. The number of hydrogen-bond acceptors (Lipinski definition) is 5. The molecule has 0 saturated carbocycles. The van der Waals surface area contributed by atoms with Crippen molar-refractivity contribution in [1.29, 1.82) is 0 Å². The molecule has 0 unspecified atom stereocenters. The van der Waals surface area contributed by atoms with Gasteiger partial charge in [0.25, 0.3) is 11.8 Å². The van der Waals surface area contributed by atoms with E-state index in [1.165, 1.54) is 4.90 Å². The fraction of sp³-hybridized carbons (Fsp3) is 0.200. The maximum atomic E-state index is 12.7. The number of thioether (sulfide) groups is 1. The third kappa shape index (κ3) is 3.91. The van der Waals surface area contributed by atoms with Gasteiger partial charge in [0.15, 0.2) is 0 Å². The number of carbonyl (C=O) groups excluding carboxylic acids is 2. The first-order valence-electron chi connectivity index (χ1n) is 10.5. The summed E-state index contributed by atoms with van der Waals surface area (Å²) in [5, 5.41) is 5.84. The van der Waals surface area contributed by atoms with Gasteiger partial charge in [-0.1, -0.05) is 12.1 Å². The molecule has 0 aliphatic carbocycles. The average molecular weight is 446 g/mol. The monoisotopic (exact) mass is 445 g/mol. The Bertz CT molecular complexity index is 1190. The molecule has 2 heterocycles. The lowest BCUT2D eigenvalue weighted by molar-refractivity contribution is 0.0947. The van der Waals surface area contributed by atoms with Crippen LogP contribution in [-0.4, -0.2) is 31.2 Å². The van der Waals surface area contributed by atoms with Crippen molar-refractivity contribution in [3.63, 3.8) is 0 Å². The summed E-state index contributed by atoms with van der Waals surface area (Å²) in [6, 6.07) is 19.6. The van der Waals surface area contributed by atoms with Gasteiger partial charge in [-0.05, 0) is 65.9 Å². The minimum atomic E-state index is -0.135. The molecule has 32 heavy (non-hydrogen) atoms. The number of ether oxygens (including phenoxy) is 1. The van der Waals surface area contributed by atoms with Crippen molar-refractivity contribution in [2.75, 3.05) is 24.3 Å². The highest BCUT2D eigenvalue weighted by Crippen LogP contribution is 2.38. The van der Waals surface area contributed by atoms with Crippen LogP contribution in [0.3, 0.4) is 0 Å². The van der Waals surface area contributed by atoms with E-state index >= 15 is 0 Å². The highest BCUT2D eigenvalue weighted by molar-refractivity contribution is 7.98. The Hall–Kier alpha value is -3.45. The van der Waals surface area contributed by atoms with E-state index < -0.39 is 0 Å². The zero-order chi connectivity index (χ0) is 22.1. The molecule has 162 valence electrons. The number of carbonyl (C=O) groups is 2. The van der Waals surface area contributed by atoms with E-state index in [0.717, 1.165) is 28.1 Å². The van der Waals surface area contributed by atoms with Crippen LogP contribution in [0.15, 0.2) is 65.6 Å². The van der Waals surface area contributed by atoms with E-state index in [4.69, 9.17) is 4.74 Å². The fourth-order valence-corrected chi connectivity index (χ4v) is 4.45. The summed E-state index contributed by atoms with van der Waals surface area (Å²) in [6.45, 7) is 2.25. The van der Waals surface area contributed by atoms with Crippen molar-refractivity contribution < 1.29 is 14.3 Å². The normalized spacial score (nSPS) is 14.3. The number of anilines is 2. The van der Waals surface area contributed by atoms with Crippen molar-refractivity contribution in [2.45, 2.75) is 18.0 Å². The van der Waals surface area contributed by atoms with Gasteiger partial charge in [0.1, 0.15) is 12.4 Å². The number of nitrogens with zero attached hydrogens (tertiary/aromatic N) is 1. The Morgan fingerprint density at radius 3 is 2.78 bits per heavy atom. The van der Waals surface area contributed by atoms with E-state index in [1.807, 2.05) is 48.7 Å². The molecule has 3 aromatic rings. The van der Waals surface area contributed by atoms with Gasteiger partial charge in [0, 0.05) is 34.8 Å². The standard InChI is InChI=1S/C25H23N3O3S/c1-32-20-6-2-16(3-7-20)14-26-24(29)17-4-9-22-23(13-17)31-11-10-28(22)19-5-8-21-18(12-19)15-27-25(21)30/h2-9,12-13H,10-11,14-15H2,1H3,(H,26,29)(H,27,30). The number of amides is 2. The topological polar surface area (TPSA) is 70.7 Å². The third-order valence-electron chi connectivity index (χ3n) is 5.78. The predicted molar refractivity (Wildman–Crippen MR) is 126 cm³/mol. The van der Waals surface area contributed by atoms with Crippen LogP contribution in [0.4, 0.5) is 11.4 Å². The molecule has 5 rings (SSSR count). The molecule has 0 aromatic heterocycles. The van der Waals surface area contributed by atoms with Crippen LogP contribution >= 0.6 is 11.8 Å². The maximum absolute atomic E-state index is 12.7. The van der Waals surface area contributed by atoms with E-state index in [-0.39, 0.29) is 11.8 Å². The highest BCUT2D eigenvalue weighted by Gasteiger charge is 2.24. The molecule has 2 N–H and O–H groups in total. The van der Waals surface area contributed by atoms with Crippen molar-refractivity contribution in [1.82, 2.24) is 10.6 Å². The Balaban J connectivity index is 1.32. The van der Waals surface area contributed by atoms with Gasteiger partial charge in [-0.15, -0.1) is 11.8 Å². The number of fused-ring (bicyclic) bond motifs is 2. The first-order chi connectivity index (χ1) is 15.6. The van der Waals surface area contributed by atoms with Crippen LogP contribution in [0.5, 0.6) is 5.75 Å². The number of nitrogens with one attached hydrogen (secondary N) is 2. The van der Waals surface area contributed by atoms with Crippen LogP contribution < -0.4 is 20.3 Å². The molecule has 6 nitrogen and oxygen atoms in total. The van der Waals surface area contributed by atoms with Gasteiger partial charge in [0.2, 0.25) is 0 Å². The molecule has 2 aliphatic rings. The second-order valence-corrected chi connectivity index (χ2v) is 8.62. The number of hydrogen-bond donors (Lipinski definition) is 2. The van der Waals surface area contributed by atoms with Crippen molar-refractivity contribution in [3.05, 3.63) is 82.9 Å². The quantitative estimate of drug-likeness (QED) is 0.579. The van der Waals surface area contributed by atoms with Crippen LogP contribution in [0.2, 0.25) is 0 Å². The molecule has 0 fully saturated rings. The van der Waals surface area contributed by atoms with Crippen LogP contribution in [0.1, 0.15) is 31.8 Å². The Kier molecular flexibility index (Phi) is 5.49. The van der Waals surface area contributed by atoms with E-state index in [2.05, 4.69) is 27.7 Å². The number of benzene rings is 3. The van der Waals surface area contributed by atoms with Gasteiger partial charge in [-0.25, -0.2) is 0 Å².